The molecule has 5 aromatic rings. The van der Waals surface area contributed by atoms with Gasteiger partial charge in [0.15, 0.2) is 33.3 Å². The van der Waals surface area contributed by atoms with Crippen molar-refractivity contribution in [3.63, 3.8) is 0 Å². The Balaban J connectivity index is 1.03. The number of nitrogens with one attached hydrogen (secondary N) is 2. The molecule has 0 heterocycles. The van der Waals surface area contributed by atoms with Gasteiger partial charge in [-0.3, -0.25) is 10.6 Å². The Morgan fingerprint density at radius 2 is 0.682 bits per heavy atom. The van der Waals surface area contributed by atoms with Crippen molar-refractivity contribution in [3.05, 3.63) is 144 Å². The molecule has 0 atom stereocenters. The van der Waals surface area contributed by atoms with E-state index in [9.17, 15) is 19.8 Å². The highest BCUT2D eigenvalue weighted by Gasteiger charge is 2.34. The van der Waals surface area contributed by atoms with Crippen LogP contribution in [0.3, 0.4) is 0 Å². The maximum absolute atomic E-state index is 13.0. The van der Waals surface area contributed by atoms with Crippen LogP contribution in [0.4, 0.5) is 21.0 Å². The fraction of sp³-hybridized carbons (Fsp3) is 0.385. The second-order valence-electron chi connectivity index (χ2n) is 19.7. The molecule has 4 N–H and O–H groups in total. The summed E-state index contributed by atoms with van der Waals surface area (Å²) in [7, 11) is -7.68. The topological polar surface area (TPSA) is 136 Å². The Morgan fingerprint density at radius 3 is 1.00 bits per heavy atom. The lowest BCUT2D eigenvalue weighted by Crippen LogP contribution is -2.44. The molecule has 0 bridgehead atoms. The summed E-state index contributed by atoms with van der Waals surface area (Å²) in [6, 6.07) is 41.2. The predicted molar refractivity (Wildman–Crippen MR) is 279 cm³/mol. The number of phenolic OH excluding ortho intramolecular Hbond substituents is 2. The van der Waals surface area contributed by atoms with E-state index in [2.05, 4.69) is 63.0 Å². The zero-order valence-corrected chi connectivity index (χ0v) is 44.4. The Labute approximate surface area is 397 Å². The first-order chi connectivity index (χ1) is 31.3. The van der Waals surface area contributed by atoms with Gasteiger partial charge in [0.1, 0.15) is 23.0 Å². The van der Waals surface area contributed by atoms with Gasteiger partial charge in [-0.05, 0) is 199 Å². The van der Waals surface area contributed by atoms with Crippen molar-refractivity contribution in [2.24, 2.45) is 0 Å². The summed E-state index contributed by atoms with van der Waals surface area (Å²) < 4.78 is 25.4. The van der Waals surface area contributed by atoms with Crippen molar-refractivity contribution >= 4 is 56.8 Å². The normalized spacial score (nSPS) is 12.1. The minimum Gasteiger partial charge on any atom is -0.508 e. The minimum absolute atomic E-state index is 0.363. The van der Waals surface area contributed by atoms with Gasteiger partial charge in [-0.2, -0.15) is 0 Å². The number of rotatable bonds is 24. The van der Waals surface area contributed by atoms with E-state index in [0.717, 1.165) is 97.8 Å². The largest absolute Gasteiger partial charge is 0.508 e. The minimum atomic E-state index is -1.95. The quantitative estimate of drug-likeness (QED) is 0.0449. The van der Waals surface area contributed by atoms with Gasteiger partial charge in [0.25, 0.3) is 0 Å². The molecule has 14 heteroatoms. The van der Waals surface area contributed by atoms with Crippen molar-refractivity contribution in [1.82, 2.24) is 0 Å². The fourth-order valence-corrected chi connectivity index (χ4v) is 26.4. The third-order valence-electron chi connectivity index (χ3n) is 11.7. The summed E-state index contributed by atoms with van der Waals surface area (Å²) in [5.41, 5.74) is 4.95. The van der Waals surface area contributed by atoms with Crippen LogP contribution >= 0.6 is 0 Å². The number of hydrogen-bond donors (Lipinski definition) is 4. The number of hydrogen-bond acceptors (Lipinski definition) is 8. The van der Waals surface area contributed by atoms with Gasteiger partial charge in [-0.25, -0.2) is 9.59 Å². The lowest BCUT2D eigenvalue weighted by molar-refractivity contribution is 0.213. The van der Waals surface area contributed by atoms with Crippen LogP contribution < -0.4 is 20.1 Å². The van der Waals surface area contributed by atoms with Gasteiger partial charge >= 0.3 is 12.2 Å². The van der Waals surface area contributed by atoms with E-state index in [1.54, 1.807) is 36.4 Å². The molecule has 0 unspecified atom stereocenters. The third-order valence-corrected chi connectivity index (χ3v) is 26.8. The fourth-order valence-electron chi connectivity index (χ4n) is 8.71. The van der Waals surface area contributed by atoms with Gasteiger partial charge in [0, 0.05) is 11.4 Å². The second kappa shape index (κ2) is 24.2. The Hall–Kier alpha value is -4.97. The molecule has 0 radical (unpaired) electrons. The van der Waals surface area contributed by atoms with E-state index in [1.807, 2.05) is 84.9 Å². The van der Waals surface area contributed by atoms with Crippen LogP contribution in [0.1, 0.15) is 47.9 Å². The number of phenols is 2. The summed E-state index contributed by atoms with van der Waals surface area (Å²) in [4.78, 5) is 26.1. The van der Waals surface area contributed by atoms with Crippen molar-refractivity contribution in [2.75, 3.05) is 10.6 Å². The molecular formula is C52H72N2O8Si4. The standard InChI is InChI=1S/C52H72N2O8Si4/c1-63(2,37-17-25-41-21-9-13-29-47(41)55)61-65(5,6)39-19-27-43-23-11-15-31-49(43)59-51(57)53-45-33-35-46(36-34-45)54-52(58)60-50-32-16-12-24-44(50)28-20-40-66(7,8)62-64(3,4)38-18-26-42-22-10-14-30-48(42)56/h9-16,21-24,29-36,55-56H,17-20,25-28,37-40H2,1-8H3,(H,53,57)(H,54,58). The molecular weight excluding hydrogens is 893 g/mol. The van der Waals surface area contributed by atoms with Gasteiger partial charge in [0.2, 0.25) is 0 Å². The number of carbonyl (C=O) groups excluding carboxylic acids is 2. The first-order valence-electron chi connectivity index (χ1n) is 23.4. The van der Waals surface area contributed by atoms with Crippen LogP contribution in [0, 0.1) is 0 Å². The molecule has 10 nitrogen and oxygen atoms in total. The van der Waals surface area contributed by atoms with Gasteiger partial charge in [-0.1, -0.05) is 72.8 Å². The number of amides is 2. The van der Waals surface area contributed by atoms with E-state index >= 15 is 0 Å². The van der Waals surface area contributed by atoms with Crippen LogP contribution in [0.15, 0.2) is 121 Å². The zero-order chi connectivity index (χ0) is 47.8. The Kier molecular flexibility index (Phi) is 19.0. The third kappa shape index (κ3) is 18.0. The molecule has 2 amide bonds. The lowest BCUT2D eigenvalue weighted by Gasteiger charge is -2.34. The smallest absolute Gasteiger partial charge is 0.417 e. The first kappa shape index (κ1) is 52.0. The molecule has 5 rings (SSSR count). The average Bonchev–Trinajstić information content (AvgIpc) is 3.23. The van der Waals surface area contributed by atoms with E-state index in [0.29, 0.717) is 34.4 Å². The lowest BCUT2D eigenvalue weighted by atomic mass is 10.1. The number of ether oxygens (including phenoxy) is 2. The van der Waals surface area contributed by atoms with E-state index in [4.69, 9.17) is 17.7 Å². The summed E-state index contributed by atoms with van der Waals surface area (Å²) in [6.45, 7) is 18.3. The van der Waals surface area contributed by atoms with Crippen molar-refractivity contribution < 1.29 is 37.5 Å². The van der Waals surface area contributed by atoms with Crippen molar-refractivity contribution in [2.45, 2.75) is 128 Å². The number of carbonyl (C=O) groups is 2. The maximum Gasteiger partial charge on any atom is 0.417 e. The van der Waals surface area contributed by atoms with Crippen LogP contribution in [-0.4, -0.2) is 55.7 Å². The maximum atomic E-state index is 13.0. The molecule has 66 heavy (non-hydrogen) atoms. The Morgan fingerprint density at radius 1 is 0.409 bits per heavy atom. The van der Waals surface area contributed by atoms with Gasteiger partial charge in [-0.15, -0.1) is 0 Å². The molecule has 0 spiro atoms. The van der Waals surface area contributed by atoms with E-state index < -0.39 is 45.5 Å². The Bertz CT molecular complexity index is 2180. The SMILES string of the molecule is C[Si](C)(CCCc1ccccc1O)O[Si](C)(C)CCCc1ccccc1OC(=O)Nc1ccc(NC(=O)Oc2ccccc2CCC[Si](C)(C)O[Si](C)(C)CCCc2ccccc2O)cc1. The summed E-state index contributed by atoms with van der Waals surface area (Å²) in [5.74, 6) is 1.77. The molecule has 0 fully saturated rings. The molecule has 0 aliphatic rings. The van der Waals surface area contributed by atoms with E-state index in [-0.39, 0.29) is 0 Å². The van der Waals surface area contributed by atoms with Crippen LogP contribution in [0.2, 0.25) is 76.6 Å². The monoisotopic (exact) mass is 964 g/mol. The van der Waals surface area contributed by atoms with Crippen molar-refractivity contribution in [1.29, 1.82) is 0 Å². The average molecular weight is 965 g/mol. The highest BCUT2D eigenvalue weighted by Crippen LogP contribution is 2.30. The number of aromatic hydroxyl groups is 2. The highest BCUT2D eigenvalue weighted by molar-refractivity contribution is 6.85. The molecule has 0 aliphatic heterocycles. The van der Waals surface area contributed by atoms with Crippen LogP contribution in [0.5, 0.6) is 23.0 Å². The zero-order valence-electron chi connectivity index (χ0n) is 40.4. The molecule has 0 aromatic heterocycles. The number of para-hydroxylation sites is 4. The number of anilines is 2. The van der Waals surface area contributed by atoms with Crippen LogP contribution in [0.25, 0.3) is 0 Å². The second-order valence-corrected chi connectivity index (χ2v) is 37.4. The summed E-state index contributed by atoms with van der Waals surface area (Å²) in [6.07, 6.45) is 5.84. The van der Waals surface area contributed by atoms with Crippen LogP contribution in [-0.2, 0) is 33.9 Å². The molecule has 0 aliphatic carbocycles. The van der Waals surface area contributed by atoms with Crippen molar-refractivity contribution in [3.8, 4) is 23.0 Å². The number of aryl methyl sites for hydroxylation is 4. The molecule has 0 saturated carbocycles. The van der Waals surface area contributed by atoms with Gasteiger partial charge < -0.3 is 27.9 Å². The van der Waals surface area contributed by atoms with E-state index in [1.165, 1.54) is 0 Å². The number of benzene rings is 5. The molecule has 354 valence electrons. The first-order valence-corrected chi connectivity index (χ1v) is 35.9. The molecule has 5 aromatic carbocycles. The summed E-state index contributed by atoms with van der Waals surface area (Å²) in [5, 5.41) is 25.9. The highest BCUT2D eigenvalue weighted by atomic mass is 28.4. The predicted octanol–water partition coefficient (Wildman–Crippen LogP) is 14.3. The molecule has 0 saturated heterocycles. The summed E-state index contributed by atoms with van der Waals surface area (Å²) >= 11 is 0. The van der Waals surface area contributed by atoms with Gasteiger partial charge in [0.05, 0.1) is 0 Å².